The minimum atomic E-state index is -0.100. The number of benzene rings is 2. The Morgan fingerprint density at radius 1 is 1.16 bits per heavy atom. The Bertz CT molecular complexity index is 774. The van der Waals surface area contributed by atoms with Crippen LogP contribution in [0.1, 0.15) is 25.8 Å². The minimum Gasteiger partial charge on any atom is -0.326 e. The highest BCUT2D eigenvalue weighted by Crippen LogP contribution is 2.37. The van der Waals surface area contributed by atoms with Crippen molar-refractivity contribution < 1.29 is 9.59 Å². The Kier molecular flexibility index (Phi) is 5.43. The molecule has 0 saturated heterocycles. The zero-order valence-electron chi connectivity index (χ0n) is 14.5. The van der Waals surface area contributed by atoms with Crippen molar-refractivity contribution in [1.29, 1.82) is 0 Å². The highest BCUT2D eigenvalue weighted by Gasteiger charge is 2.24. The van der Waals surface area contributed by atoms with Gasteiger partial charge >= 0.3 is 0 Å². The van der Waals surface area contributed by atoms with E-state index in [-0.39, 0.29) is 11.8 Å². The molecule has 1 aliphatic heterocycles. The summed E-state index contributed by atoms with van der Waals surface area (Å²) in [5.74, 6) is 0.00560. The summed E-state index contributed by atoms with van der Waals surface area (Å²) in [4.78, 5) is 27.1. The first-order valence-electron chi connectivity index (χ1n) is 8.45. The first-order valence-corrected chi connectivity index (χ1v) is 9.33. The van der Waals surface area contributed by atoms with E-state index in [1.807, 2.05) is 59.1 Å². The highest BCUT2D eigenvalue weighted by molar-refractivity contribution is 8.00. The molecule has 0 spiro atoms. The van der Waals surface area contributed by atoms with Crippen LogP contribution in [-0.2, 0) is 16.0 Å². The molecule has 2 amide bonds. The van der Waals surface area contributed by atoms with E-state index in [9.17, 15) is 9.59 Å². The van der Waals surface area contributed by atoms with Crippen molar-refractivity contribution in [2.24, 2.45) is 0 Å². The van der Waals surface area contributed by atoms with E-state index >= 15 is 0 Å². The fourth-order valence-electron chi connectivity index (χ4n) is 2.93. The van der Waals surface area contributed by atoms with Gasteiger partial charge in [0, 0.05) is 29.3 Å². The van der Waals surface area contributed by atoms with Gasteiger partial charge in [-0.2, -0.15) is 0 Å². The van der Waals surface area contributed by atoms with Crippen LogP contribution in [-0.4, -0.2) is 23.6 Å². The third-order valence-electron chi connectivity index (χ3n) is 4.17. The fourth-order valence-corrected chi connectivity index (χ4v) is 4.04. The maximum absolute atomic E-state index is 12.9. The van der Waals surface area contributed by atoms with E-state index in [0.717, 1.165) is 29.9 Å². The smallest absolute Gasteiger partial charge is 0.231 e. The summed E-state index contributed by atoms with van der Waals surface area (Å²) in [5.41, 5.74) is 2.70. The predicted molar refractivity (Wildman–Crippen MR) is 103 cm³/mol. The van der Waals surface area contributed by atoms with Gasteiger partial charge in [0.15, 0.2) is 0 Å². The lowest BCUT2D eigenvalue weighted by molar-refractivity contribution is -0.118. The zero-order valence-corrected chi connectivity index (χ0v) is 15.3. The number of carbonyl (C=O) groups is 2. The van der Waals surface area contributed by atoms with Crippen LogP contribution in [0.4, 0.5) is 11.4 Å². The quantitative estimate of drug-likeness (QED) is 0.902. The molecule has 2 aromatic rings. The van der Waals surface area contributed by atoms with Crippen LogP contribution in [0.5, 0.6) is 0 Å². The molecule has 5 heteroatoms. The molecule has 0 bridgehead atoms. The van der Waals surface area contributed by atoms with Gasteiger partial charge in [0.05, 0.1) is 12.1 Å². The third kappa shape index (κ3) is 4.42. The van der Waals surface area contributed by atoms with Crippen LogP contribution in [0, 0.1) is 0 Å². The van der Waals surface area contributed by atoms with E-state index in [0.29, 0.717) is 11.7 Å². The number of amides is 2. The molecule has 0 saturated carbocycles. The van der Waals surface area contributed by atoms with Gasteiger partial charge in [-0.05, 0) is 36.2 Å². The zero-order chi connectivity index (χ0) is 17.8. The number of anilines is 2. The van der Waals surface area contributed by atoms with Gasteiger partial charge in [0.25, 0.3) is 0 Å². The van der Waals surface area contributed by atoms with E-state index in [4.69, 9.17) is 0 Å². The number of nitrogens with zero attached hydrogens (tertiary/aromatic N) is 1. The van der Waals surface area contributed by atoms with Crippen molar-refractivity contribution in [2.75, 3.05) is 16.8 Å². The molecule has 1 N–H and O–H groups in total. The molecule has 1 atom stereocenters. The molecule has 0 aromatic heterocycles. The maximum Gasteiger partial charge on any atom is 0.231 e. The lowest BCUT2D eigenvalue weighted by atomic mass is 10.1. The van der Waals surface area contributed by atoms with Crippen LogP contribution in [0.2, 0.25) is 0 Å². The Labute approximate surface area is 152 Å². The van der Waals surface area contributed by atoms with Crippen molar-refractivity contribution >= 4 is 35.0 Å². The second-order valence-electron chi connectivity index (χ2n) is 6.29. The van der Waals surface area contributed by atoms with E-state index in [1.165, 1.54) is 11.8 Å². The van der Waals surface area contributed by atoms with Crippen LogP contribution in [0.25, 0.3) is 0 Å². The fraction of sp³-hybridized carbons (Fsp3) is 0.300. The molecule has 130 valence electrons. The lowest BCUT2D eigenvalue weighted by Gasteiger charge is -2.22. The Morgan fingerprint density at radius 2 is 1.88 bits per heavy atom. The number of para-hydroxylation sites is 1. The van der Waals surface area contributed by atoms with E-state index in [1.54, 1.807) is 0 Å². The van der Waals surface area contributed by atoms with Crippen molar-refractivity contribution in [1.82, 2.24) is 0 Å². The molecule has 0 unspecified atom stereocenters. The summed E-state index contributed by atoms with van der Waals surface area (Å²) in [7, 11) is 0. The van der Waals surface area contributed by atoms with Gasteiger partial charge in [-0.1, -0.05) is 31.2 Å². The van der Waals surface area contributed by atoms with Crippen molar-refractivity contribution in [3.05, 3.63) is 54.1 Å². The van der Waals surface area contributed by atoms with Crippen LogP contribution >= 0.6 is 11.8 Å². The standard InChI is InChI=1S/C20H22N2O2S/c1-14-11-12-22(18-5-3-4-6-19(18)25-14)20(24)13-16-7-9-17(10-8-16)21-15(2)23/h3-10,14H,11-13H2,1-2H3,(H,21,23)/t14-/m1/s1. The molecule has 3 rings (SSSR count). The summed E-state index contributed by atoms with van der Waals surface area (Å²) in [6.45, 7) is 4.43. The number of hydrogen-bond acceptors (Lipinski definition) is 3. The second kappa shape index (κ2) is 7.74. The Balaban J connectivity index is 1.75. The predicted octanol–water partition coefficient (Wildman–Crippen LogP) is 4.11. The second-order valence-corrected chi connectivity index (χ2v) is 7.77. The van der Waals surface area contributed by atoms with Gasteiger partial charge in [0.1, 0.15) is 0 Å². The Morgan fingerprint density at radius 3 is 2.60 bits per heavy atom. The van der Waals surface area contributed by atoms with Crippen LogP contribution in [0.15, 0.2) is 53.4 Å². The summed E-state index contributed by atoms with van der Waals surface area (Å²) in [6.07, 6.45) is 1.33. The summed E-state index contributed by atoms with van der Waals surface area (Å²) in [5, 5.41) is 3.23. The lowest BCUT2D eigenvalue weighted by Crippen LogP contribution is -2.33. The van der Waals surface area contributed by atoms with Crippen molar-refractivity contribution in [2.45, 2.75) is 36.8 Å². The van der Waals surface area contributed by atoms with Gasteiger partial charge in [-0.15, -0.1) is 11.8 Å². The number of fused-ring (bicyclic) bond motifs is 1. The molecule has 1 heterocycles. The Hall–Kier alpha value is -2.27. The number of carbonyl (C=O) groups excluding carboxylic acids is 2. The maximum atomic E-state index is 12.9. The number of thioether (sulfide) groups is 1. The van der Waals surface area contributed by atoms with Gasteiger partial charge in [-0.25, -0.2) is 0 Å². The molecular formula is C20H22N2O2S. The van der Waals surface area contributed by atoms with Gasteiger partial charge in [0.2, 0.25) is 11.8 Å². The molecule has 25 heavy (non-hydrogen) atoms. The normalized spacial score (nSPS) is 16.7. The van der Waals surface area contributed by atoms with E-state index < -0.39 is 0 Å². The third-order valence-corrected chi connectivity index (χ3v) is 5.41. The topological polar surface area (TPSA) is 49.4 Å². The monoisotopic (exact) mass is 354 g/mol. The summed E-state index contributed by atoms with van der Waals surface area (Å²) >= 11 is 1.83. The molecule has 1 aliphatic rings. The molecule has 0 aliphatic carbocycles. The first kappa shape index (κ1) is 17.5. The van der Waals surface area contributed by atoms with Crippen LogP contribution in [0.3, 0.4) is 0 Å². The van der Waals surface area contributed by atoms with Crippen molar-refractivity contribution in [3.8, 4) is 0 Å². The van der Waals surface area contributed by atoms with Gasteiger partial charge < -0.3 is 10.2 Å². The molecular weight excluding hydrogens is 332 g/mol. The number of rotatable bonds is 3. The number of nitrogens with one attached hydrogen (secondary N) is 1. The average Bonchev–Trinajstić information content (AvgIpc) is 2.74. The van der Waals surface area contributed by atoms with Crippen molar-refractivity contribution in [3.63, 3.8) is 0 Å². The summed E-state index contributed by atoms with van der Waals surface area (Å²) in [6, 6.07) is 15.6. The molecule has 0 radical (unpaired) electrons. The first-order chi connectivity index (χ1) is 12.0. The highest BCUT2D eigenvalue weighted by atomic mass is 32.2. The molecule has 4 nitrogen and oxygen atoms in total. The number of hydrogen-bond donors (Lipinski definition) is 1. The van der Waals surface area contributed by atoms with Gasteiger partial charge in [-0.3, -0.25) is 9.59 Å². The average molecular weight is 354 g/mol. The largest absolute Gasteiger partial charge is 0.326 e. The molecule has 0 fully saturated rings. The SMILES string of the molecule is CC(=O)Nc1ccc(CC(=O)N2CC[C@@H](C)Sc3ccccc32)cc1. The minimum absolute atomic E-state index is 0.100. The summed E-state index contributed by atoms with van der Waals surface area (Å²) < 4.78 is 0. The molecule has 2 aromatic carbocycles. The van der Waals surface area contributed by atoms with Crippen LogP contribution < -0.4 is 10.2 Å². The van der Waals surface area contributed by atoms with E-state index in [2.05, 4.69) is 18.3 Å².